The maximum Gasteiger partial charge on any atom is 0.254 e. The van der Waals surface area contributed by atoms with Crippen LogP contribution in [0.25, 0.3) is 0 Å². The highest BCUT2D eigenvalue weighted by atomic mass is 16.6. The molecule has 5 nitrogen and oxygen atoms in total. The molecule has 2 amide bonds. The van der Waals surface area contributed by atoms with Crippen molar-refractivity contribution in [1.82, 2.24) is 10.2 Å². The van der Waals surface area contributed by atoms with Crippen LogP contribution in [-0.2, 0) is 16.0 Å². The fourth-order valence-electron chi connectivity index (χ4n) is 3.74. The Morgan fingerprint density at radius 2 is 1.74 bits per heavy atom. The van der Waals surface area contributed by atoms with Gasteiger partial charge in [-0.05, 0) is 37.0 Å². The monoisotopic (exact) mass is 364 g/mol. The van der Waals surface area contributed by atoms with E-state index in [1.807, 2.05) is 36.4 Å². The number of hydrogen-bond acceptors (Lipinski definition) is 3. The number of ether oxygens (including phenoxy) is 1. The van der Waals surface area contributed by atoms with E-state index in [0.29, 0.717) is 25.1 Å². The number of hydrogen-bond donors (Lipinski definition) is 1. The summed E-state index contributed by atoms with van der Waals surface area (Å²) in [7, 11) is 0. The number of nitrogens with one attached hydrogen (secondary N) is 1. The average molecular weight is 364 g/mol. The van der Waals surface area contributed by atoms with Gasteiger partial charge in [0.15, 0.2) is 0 Å². The van der Waals surface area contributed by atoms with E-state index in [1.54, 1.807) is 17.0 Å². The van der Waals surface area contributed by atoms with E-state index in [1.165, 1.54) is 5.56 Å². The zero-order valence-corrected chi connectivity index (χ0v) is 15.2. The van der Waals surface area contributed by atoms with Crippen LogP contribution in [0.3, 0.4) is 0 Å². The van der Waals surface area contributed by atoms with Gasteiger partial charge in [0, 0.05) is 12.1 Å². The molecule has 0 saturated carbocycles. The van der Waals surface area contributed by atoms with Gasteiger partial charge >= 0.3 is 0 Å². The summed E-state index contributed by atoms with van der Waals surface area (Å²) in [5.41, 5.74) is 1.80. The molecule has 27 heavy (non-hydrogen) atoms. The largest absolute Gasteiger partial charge is 0.371 e. The second-order valence-electron chi connectivity index (χ2n) is 7.20. The molecule has 0 radical (unpaired) electrons. The lowest BCUT2D eigenvalue weighted by Gasteiger charge is -2.26. The van der Waals surface area contributed by atoms with Crippen LogP contribution in [-0.4, -0.2) is 48.1 Å². The van der Waals surface area contributed by atoms with Crippen LogP contribution in [0.2, 0.25) is 0 Å². The van der Waals surface area contributed by atoms with Crippen LogP contribution >= 0.6 is 0 Å². The molecule has 0 bridgehead atoms. The molecule has 1 unspecified atom stereocenters. The Balaban J connectivity index is 1.43. The third-order valence-electron chi connectivity index (χ3n) is 5.27. The topological polar surface area (TPSA) is 61.9 Å². The lowest BCUT2D eigenvalue weighted by molar-refractivity contribution is -0.125. The predicted octanol–water partition coefficient (Wildman–Crippen LogP) is 2.42. The Morgan fingerprint density at radius 3 is 2.41 bits per heavy atom. The number of amides is 2. The van der Waals surface area contributed by atoms with Crippen molar-refractivity contribution in [2.24, 2.45) is 0 Å². The molecule has 5 heteroatoms. The summed E-state index contributed by atoms with van der Waals surface area (Å²) >= 11 is 0. The van der Waals surface area contributed by atoms with Crippen LogP contribution < -0.4 is 5.32 Å². The van der Waals surface area contributed by atoms with Crippen molar-refractivity contribution in [1.29, 1.82) is 0 Å². The molecule has 2 fully saturated rings. The minimum Gasteiger partial charge on any atom is -0.371 e. The van der Waals surface area contributed by atoms with Gasteiger partial charge in [-0.1, -0.05) is 48.5 Å². The fourth-order valence-corrected chi connectivity index (χ4v) is 3.74. The van der Waals surface area contributed by atoms with Gasteiger partial charge < -0.3 is 15.0 Å². The van der Waals surface area contributed by atoms with Crippen LogP contribution in [0.1, 0.15) is 28.8 Å². The van der Waals surface area contributed by atoms with Gasteiger partial charge in [-0.15, -0.1) is 0 Å². The van der Waals surface area contributed by atoms with E-state index in [-0.39, 0.29) is 24.0 Å². The maximum atomic E-state index is 13.0. The van der Waals surface area contributed by atoms with E-state index < -0.39 is 6.04 Å². The summed E-state index contributed by atoms with van der Waals surface area (Å²) in [5, 5.41) is 3.15. The number of rotatable bonds is 6. The molecule has 2 saturated heterocycles. The van der Waals surface area contributed by atoms with E-state index >= 15 is 0 Å². The van der Waals surface area contributed by atoms with Gasteiger partial charge in [-0.3, -0.25) is 9.59 Å². The molecule has 3 atom stereocenters. The zero-order chi connectivity index (χ0) is 18.6. The molecule has 0 aromatic heterocycles. The zero-order valence-electron chi connectivity index (χ0n) is 15.2. The Bertz CT molecular complexity index is 790. The molecule has 1 N–H and O–H groups in total. The average Bonchev–Trinajstić information content (AvgIpc) is 3.44. The van der Waals surface area contributed by atoms with E-state index in [2.05, 4.69) is 17.4 Å². The van der Waals surface area contributed by atoms with E-state index in [0.717, 1.165) is 12.8 Å². The molecule has 2 aromatic rings. The molecular formula is C22H24N2O3. The maximum absolute atomic E-state index is 13.0. The van der Waals surface area contributed by atoms with Crippen LogP contribution in [0.15, 0.2) is 60.7 Å². The second-order valence-corrected chi connectivity index (χ2v) is 7.20. The molecule has 140 valence electrons. The molecule has 2 aliphatic rings. The van der Waals surface area contributed by atoms with Crippen molar-refractivity contribution in [2.45, 2.75) is 37.5 Å². The van der Waals surface area contributed by atoms with Gasteiger partial charge in [-0.2, -0.15) is 0 Å². The first-order valence-corrected chi connectivity index (χ1v) is 9.54. The molecule has 4 rings (SSSR count). The van der Waals surface area contributed by atoms with Gasteiger partial charge in [-0.25, -0.2) is 0 Å². The summed E-state index contributed by atoms with van der Waals surface area (Å²) < 4.78 is 5.45. The highest BCUT2D eigenvalue weighted by Gasteiger charge is 2.39. The lowest BCUT2D eigenvalue weighted by atomic mass is 10.0. The summed E-state index contributed by atoms with van der Waals surface area (Å²) in [6.45, 7) is 1.30. The van der Waals surface area contributed by atoms with Crippen LogP contribution in [0, 0.1) is 0 Å². The van der Waals surface area contributed by atoms with Crippen molar-refractivity contribution in [2.75, 3.05) is 13.2 Å². The summed E-state index contributed by atoms with van der Waals surface area (Å²) in [6.07, 6.45) is 2.35. The fraction of sp³-hybridized carbons (Fsp3) is 0.364. The second kappa shape index (κ2) is 7.92. The third kappa shape index (κ3) is 4.19. The summed E-state index contributed by atoms with van der Waals surface area (Å²) in [5.74, 6) is -0.149. The third-order valence-corrected chi connectivity index (χ3v) is 5.27. The van der Waals surface area contributed by atoms with Crippen molar-refractivity contribution in [3.8, 4) is 0 Å². The highest BCUT2D eigenvalue weighted by molar-refractivity contribution is 5.98. The van der Waals surface area contributed by atoms with Crippen LogP contribution in [0.4, 0.5) is 0 Å². The normalized spacial score (nSPS) is 22.3. The predicted molar refractivity (Wildman–Crippen MR) is 102 cm³/mol. The van der Waals surface area contributed by atoms with Gasteiger partial charge in [0.25, 0.3) is 5.91 Å². The smallest absolute Gasteiger partial charge is 0.254 e. The Kier molecular flexibility index (Phi) is 5.21. The summed E-state index contributed by atoms with van der Waals surface area (Å²) in [6, 6.07) is 18.8. The molecule has 2 aliphatic heterocycles. The number of epoxide rings is 1. The quantitative estimate of drug-likeness (QED) is 0.801. The Labute approximate surface area is 159 Å². The number of benzene rings is 2. The van der Waals surface area contributed by atoms with E-state index in [4.69, 9.17) is 4.74 Å². The van der Waals surface area contributed by atoms with Crippen molar-refractivity contribution < 1.29 is 14.3 Å². The molecule has 0 aliphatic carbocycles. The Hall–Kier alpha value is -2.66. The molecule has 2 heterocycles. The minimum absolute atomic E-state index is 0.0609. The molecular weight excluding hydrogens is 340 g/mol. The first kappa shape index (κ1) is 17.7. The van der Waals surface area contributed by atoms with Crippen LogP contribution in [0.5, 0.6) is 0 Å². The van der Waals surface area contributed by atoms with E-state index in [9.17, 15) is 9.59 Å². The van der Waals surface area contributed by atoms with Crippen molar-refractivity contribution >= 4 is 11.8 Å². The highest BCUT2D eigenvalue weighted by Crippen LogP contribution is 2.23. The SMILES string of the molecule is O=C(N[C@@H](Cc1ccccc1)[C@@H]1CO1)C1CCCN1C(=O)c1ccccc1. The van der Waals surface area contributed by atoms with Gasteiger partial charge in [0.05, 0.1) is 12.6 Å². The van der Waals surface area contributed by atoms with Crippen molar-refractivity contribution in [3.63, 3.8) is 0 Å². The summed E-state index contributed by atoms with van der Waals surface area (Å²) in [4.78, 5) is 27.5. The lowest BCUT2D eigenvalue weighted by Crippen LogP contribution is -2.50. The number of carbonyl (C=O) groups excluding carboxylic acids is 2. The molecule has 2 aromatic carbocycles. The number of carbonyl (C=O) groups is 2. The Morgan fingerprint density at radius 1 is 1.07 bits per heavy atom. The number of nitrogens with zero attached hydrogens (tertiary/aromatic N) is 1. The first-order chi connectivity index (χ1) is 13.2. The van der Waals surface area contributed by atoms with Crippen molar-refractivity contribution in [3.05, 3.63) is 71.8 Å². The number of likely N-dealkylation sites (tertiary alicyclic amines) is 1. The standard InChI is InChI=1S/C22H24N2O3/c25-21(23-18(20-15-27-20)14-16-8-3-1-4-9-16)19-12-7-13-24(19)22(26)17-10-5-2-6-11-17/h1-6,8-11,18-20H,7,12-15H2,(H,23,25)/t18-,19?,20-/m0/s1. The van der Waals surface area contributed by atoms with Gasteiger partial charge in [0.1, 0.15) is 12.1 Å². The molecule has 0 spiro atoms. The first-order valence-electron chi connectivity index (χ1n) is 9.54. The van der Waals surface area contributed by atoms with Gasteiger partial charge in [0.2, 0.25) is 5.91 Å². The minimum atomic E-state index is -0.408.